The van der Waals surface area contributed by atoms with E-state index in [1.54, 1.807) is 12.4 Å². The molecule has 0 aliphatic carbocycles. The first-order chi connectivity index (χ1) is 11.3. The van der Waals surface area contributed by atoms with Crippen molar-refractivity contribution in [2.24, 2.45) is 0 Å². The number of nitrogens with zero attached hydrogens (tertiary/aromatic N) is 3. The van der Waals surface area contributed by atoms with Crippen LogP contribution >= 0.6 is 0 Å². The van der Waals surface area contributed by atoms with Gasteiger partial charge in [0.15, 0.2) is 0 Å². The Kier molecular flexibility index (Phi) is 4.83. The fraction of sp³-hybridized carbons (Fsp3) is 0.750. The van der Waals surface area contributed by atoms with Crippen molar-refractivity contribution >= 4 is 12.6 Å². The predicted octanol–water partition coefficient (Wildman–Crippen LogP) is 0.221. The van der Waals surface area contributed by atoms with E-state index < -0.39 is 7.12 Å². The minimum atomic E-state index is -0.462. The first-order valence-electron chi connectivity index (χ1n) is 8.48. The molecule has 8 heteroatoms. The van der Waals surface area contributed by atoms with Crippen molar-refractivity contribution in [1.29, 1.82) is 0 Å². The summed E-state index contributed by atoms with van der Waals surface area (Å²) in [5.74, 6) is 0. The Morgan fingerprint density at radius 3 is 2.46 bits per heavy atom. The van der Waals surface area contributed by atoms with E-state index in [1.165, 1.54) is 0 Å². The smallest absolute Gasteiger partial charge is 0.459 e. The summed E-state index contributed by atoms with van der Waals surface area (Å²) in [6.07, 6.45) is 4.39. The Bertz CT molecular complexity index is 551. The maximum Gasteiger partial charge on any atom is 0.498 e. The normalized spacial score (nSPS) is 26.0. The minimum absolute atomic E-state index is 0.0687. The molecule has 0 spiro atoms. The summed E-state index contributed by atoms with van der Waals surface area (Å²) in [4.78, 5) is 10.8. The molecule has 24 heavy (non-hydrogen) atoms. The zero-order chi connectivity index (χ0) is 17.4. The second kappa shape index (κ2) is 6.59. The molecular weight excluding hydrogens is 309 g/mol. The zero-order valence-corrected chi connectivity index (χ0v) is 14.9. The van der Waals surface area contributed by atoms with E-state index >= 15 is 0 Å². The molecule has 2 fully saturated rings. The summed E-state index contributed by atoms with van der Waals surface area (Å²) in [5, 5.41) is 8.98. The van der Waals surface area contributed by atoms with Crippen molar-refractivity contribution in [1.82, 2.24) is 14.9 Å². The molecule has 7 nitrogen and oxygen atoms in total. The van der Waals surface area contributed by atoms with Crippen molar-refractivity contribution in [3.05, 3.63) is 12.4 Å². The quantitative estimate of drug-likeness (QED) is 0.772. The van der Waals surface area contributed by atoms with Crippen LogP contribution in [0.5, 0.6) is 6.01 Å². The van der Waals surface area contributed by atoms with Crippen LogP contribution in [0.1, 0.15) is 34.1 Å². The van der Waals surface area contributed by atoms with Gasteiger partial charge < -0.3 is 19.2 Å². The number of β-amino-alcohol motifs (C(OH)–C–C–N with tert-alkyl or cyclic N) is 1. The van der Waals surface area contributed by atoms with Gasteiger partial charge in [0.25, 0.3) is 0 Å². The van der Waals surface area contributed by atoms with Crippen LogP contribution in [0.4, 0.5) is 0 Å². The predicted molar refractivity (Wildman–Crippen MR) is 90.3 cm³/mol. The van der Waals surface area contributed by atoms with Gasteiger partial charge in [0, 0.05) is 37.5 Å². The summed E-state index contributed by atoms with van der Waals surface area (Å²) in [7, 11) is -0.462. The Hall–Kier alpha value is -1.22. The molecule has 0 aromatic carbocycles. The average Bonchev–Trinajstić information content (AvgIpc) is 3.02. The molecule has 0 amide bonds. The lowest BCUT2D eigenvalue weighted by atomic mass is 9.81. The van der Waals surface area contributed by atoms with Crippen LogP contribution in [0.3, 0.4) is 0 Å². The van der Waals surface area contributed by atoms with Crippen molar-refractivity contribution in [3.8, 4) is 6.01 Å². The molecule has 0 bridgehead atoms. The van der Waals surface area contributed by atoms with Crippen molar-refractivity contribution in [3.63, 3.8) is 0 Å². The van der Waals surface area contributed by atoms with Gasteiger partial charge in [-0.05, 0) is 34.1 Å². The molecule has 3 heterocycles. The van der Waals surface area contributed by atoms with Crippen LogP contribution in [0.15, 0.2) is 12.4 Å². The van der Waals surface area contributed by atoms with Crippen molar-refractivity contribution < 1.29 is 19.2 Å². The highest BCUT2D eigenvalue weighted by atomic mass is 16.7. The standard InChI is InChI=1S/C16H26BN3O4/c1-15(2)16(3,4)24-17(23-15)12-9-18-14(19-10-12)22-13-5-6-20(11-13)7-8-21/h9-10,13,21H,5-8,11H2,1-4H3/t13-/m0/s1. The maximum atomic E-state index is 8.98. The Labute approximate surface area is 143 Å². The molecule has 0 unspecified atom stereocenters. The number of hydrogen-bond donors (Lipinski definition) is 1. The van der Waals surface area contributed by atoms with Crippen molar-refractivity contribution in [2.45, 2.75) is 51.4 Å². The van der Waals surface area contributed by atoms with Gasteiger partial charge in [-0.3, -0.25) is 4.90 Å². The largest absolute Gasteiger partial charge is 0.498 e. The average molecular weight is 335 g/mol. The molecule has 1 aromatic heterocycles. The van der Waals surface area contributed by atoms with E-state index in [0.29, 0.717) is 12.6 Å². The fourth-order valence-electron chi connectivity index (χ4n) is 2.87. The second-order valence-electron chi connectivity index (χ2n) is 7.44. The topological polar surface area (TPSA) is 76.9 Å². The lowest BCUT2D eigenvalue weighted by Gasteiger charge is -2.32. The molecule has 0 saturated carbocycles. The number of hydrogen-bond acceptors (Lipinski definition) is 7. The highest BCUT2D eigenvalue weighted by Gasteiger charge is 2.52. The SMILES string of the molecule is CC1(C)OB(c2cnc(O[C@H]3CCN(CCO)C3)nc2)OC1(C)C. The molecule has 132 valence electrons. The first kappa shape index (κ1) is 17.6. The van der Waals surface area contributed by atoms with Gasteiger partial charge in [-0.15, -0.1) is 0 Å². The molecule has 2 aliphatic heterocycles. The van der Waals surface area contributed by atoms with E-state index in [2.05, 4.69) is 14.9 Å². The van der Waals surface area contributed by atoms with E-state index in [-0.39, 0.29) is 23.9 Å². The zero-order valence-electron chi connectivity index (χ0n) is 14.9. The molecule has 3 rings (SSSR count). The van der Waals surface area contributed by atoms with Crippen LogP contribution in [-0.2, 0) is 9.31 Å². The van der Waals surface area contributed by atoms with E-state index in [1.807, 2.05) is 27.7 Å². The Morgan fingerprint density at radius 1 is 1.25 bits per heavy atom. The molecule has 2 saturated heterocycles. The monoisotopic (exact) mass is 335 g/mol. The Balaban J connectivity index is 1.59. The first-order valence-corrected chi connectivity index (χ1v) is 8.48. The molecule has 2 aliphatic rings. The minimum Gasteiger partial charge on any atom is -0.459 e. The van der Waals surface area contributed by atoms with E-state index in [4.69, 9.17) is 19.2 Å². The van der Waals surface area contributed by atoms with E-state index in [9.17, 15) is 0 Å². The van der Waals surface area contributed by atoms with Gasteiger partial charge in [0.2, 0.25) is 0 Å². The van der Waals surface area contributed by atoms with Crippen LogP contribution in [0, 0.1) is 0 Å². The van der Waals surface area contributed by atoms with E-state index in [0.717, 1.165) is 25.0 Å². The lowest BCUT2D eigenvalue weighted by Crippen LogP contribution is -2.41. The third-order valence-electron chi connectivity index (χ3n) is 5.09. The second-order valence-corrected chi connectivity index (χ2v) is 7.44. The van der Waals surface area contributed by atoms with Gasteiger partial charge in [-0.2, -0.15) is 0 Å². The summed E-state index contributed by atoms with van der Waals surface area (Å²) in [5.41, 5.74) is 0.0222. The third-order valence-corrected chi connectivity index (χ3v) is 5.09. The summed E-state index contributed by atoms with van der Waals surface area (Å²) in [6.45, 7) is 10.6. The summed E-state index contributed by atoms with van der Waals surface area (Å²) < 4.78 is 17.8. The summed E-state index contributed by atoms with van der Waals surface area (Å²) in [6, 6.07) is 0.367. The van der Waals surface area contributed by atoms with Gasteiger partial charge in [0.05, 0.1) is 17.8 Å². The van der Waals surface area contributed by atoms with Gasteiger partial charge >= 0.3 is 13.1 Å². The number of aromatic nitrogens is 2. The number of aliphatic hydroxyl groups is 1. The third kappa shape index (κ3) is 3.56. The Morgan fingerprint density at radius 2 is 1.88 bits per heavy atom. The highest BCUT2D eigenvalue weighted by Crippen LogP contribution is 2.36. The molecule has 1 atom stereocenters. The van der Waals surface area contributed by atoms with Crippen LogP contribution in [0.25, 0.3) is 0 Å². The molecular formula is C16H26BN3O4. The molecule has 1 N–H and O–H groups in total. The highest BCUT2D eigenvalue weighted by molar-refractivity contribution is 6.61. The molecule has 1 aromatic rings. The lowest BCUT2D eigenvalue weighted by molar-refractivity contribution is 0.00578. The number of aliphatic hydroxyl groups excluding tert-OH is 1. The van der Waals surface area contributed by atoms with Gasteiger partial charge in [0.1, 0.15) is 6.10 Å². The molecule has 0 radical (unpaired) electrons. The van der Waals surface area contributed by atoms with Crippen LogP contribution in [-0.4, -0.2) is 70.6 Å². The number of rotatable bonds is 5. The summed E-state index contributed by atoms with van der Waals surface area (Å²) >= 11 is 0. The maximum absolute atomic E-state index is 8.98. The van der Waals surface area contributed by atoms with Crippen LogP contribution in [0.2, 0.25) is 0 Å². The van der Waals surface area contributed by atoms with Gasteiger partial charge in [-0.1, -0.05) is 0 Å². The van der Waals surface area contributed by atoms with Crippen LogP contribution < -0.4 is 10.2 Å². The van der Waals surface area contributed by atoms with Crippen molar-refractivity contribution in [2.75, 3.05) is 26.2 Å². The number of ether oxygens (including phenoxy) is 1. The fourth-order valence-corrected chi connectivity index (χ4v) is 2.87. The number of likely N-dealkylation sites (tertiary alicyclic amines) is 1. The van der Waals surface area contributed by atoms with Gasteiger partial charge in [-0.25, -0.2) is 9.97 Å².